The van der Waals surface area contributed by atoms with Gasteiger partial charge in [0.05, 0.1) is 13.5 Å². The van der Waals surface area contributed by atoms with E-state index in [4.69, 9.17) is 9.84 Å². The lowest BCUT2D eigenvalue weighted by Gasteiger charge is -2.15. The molecule has 1 heterocycles. The van der Waals surface area contributed by atoms with E-state index in [1.165, 1.54) is 0 Å². The number of methoxy groups -OCH3 is 1. The van der Waals surface area contributed by atoms with Gasteiger partial charge in [-0.05, 0) is 18.9 Å². The minimum Gasteiger partial charge on any atom is -0.496 e. The topological polar surface area (TPSA) is 59.4 Å². The van der Waals surface area contributed by atoms with Gasteiger partial charge in [-0.1, -0.05) is 6.92 Å². The molecule has 0 amide bonds. The average Bonchev–Trinajstić information content (AvgIpc) is 2.15. The van der Waals surface area contributed by atoms with Gasteiger partial charge in [0.2, 0.25) is 0 Å². The van der Waals surface area contributed by atoms with E-state index in [0.29, 0.717) is 5.75 Å². The van der Waals surface area contributed by atoms with Crippen molar-refractivity contribution in [3.8, 4) is 5.75 Å². The third-order valence-corrected chi connectivity index (χ3v) is 2.34. The molecular weight excluding hydrogens is 194 g/mol. The smallest absolute Gasteiger partial charge is 0.303 e. The Morgan fingerprint density at radius 2 is 2.33 bits per heavy atom. The first kappa shape index (κ1) is 11.5. The lowest BCUT2D eigenvalue weighted by molar-refractivity contribution is -0.137. The molecule has 0 saturated heterocycles. The molecule has 1 aromatic heterocycles. The molecule has 0 saturated carbocycles. The van der Waals surface area contributed by atoms with Gasteiger partial charge in [-0.3, -0.25) is 9.78 Å². The number of rotatable bonds is 4. The van der Waals surface area contributed by atoms with Crippen molar-refractivity contribution in [2.45, 2.75) is 26.2 Å². The number of aliphatic carboxylic acids is 1. The first-order chi connectivity index (χ1) is 7.06. The molecule has 0 aromatic carbocycles. The fourth-order valence-electron chi connectivity index (χ4n) is 1.70. The number of carbonyl (C=O) groups is 1. The van der Waals surface area contributed by atoms with Crippen molar-refractivity contribution in [2.75, 3.05) is 7.11 Å². The molecule has 15 heavy (non-hydrogen) atoms. The monoisotopic (exact) mass is 209 g/mol. The third kappa shape index (κ3) is 2.68. The predicted molar refractivity (Wildman–Crippen MR) is 56.2 cm³/mol. The highest BCUT2D eigenvalue weighted by Gasteiger charge is 2.17. The van der Waals surface area contributed by atoms with E-state index in [-0.39, 0.29) is 12.3 Å². The summed E-state index contributed by atoms with van der Waals surface area (Å²) in [6.07, 6.45) is 1.74. The molecule has 0 aliphatic heterocycles. The molecule has 0 fully saturated rings. The van der Waals surface area contributed by atoms with Crippen LogP contribution in [0.2, 0.25) is 0 Å². The SMILES string of the molecule is COc1ccnc(C)c1C(C)CC(=O)O. The van der Waals surface area contributed by atoms with Crippen LogP contribution in [0.15, 0.2) is 12.3 Å². The van der Waals surface area contributed by atoms with Crippen molar-refractivity contribution in [1.29, 1.82) is 0 Å². The van der Waals surface area contributed by atoms with Crippen molar-refractivity contribution in [3.63, 3.8) is 0 Å². The van der Waals surface area contributed by atoms with Gasteiger partial charge in [0.25, 0.3) is 0 Å². The molecule has 0 bridgehead atoms. The van der Waals surface area contributed by atoms with Crippen LogP contribution in [-0.4, -0.2) is 23.2 Å². The maximum Gasteiger partial charge on any atom is 0.303 e. The zero-order valence-electron chi connectivity index (χ0n) is 9.15. The lowest BCUT2D eigenvalue weighted by atomic mass is 9.96. The normalized spacial score (nSPS) is 12.2. The molecule has 1 N–H and O–H groups in total. The van der Waals surface area contributed by atoms with Crippen molar-refractivity contribution < 1.29 is 14.6 Å². The first-order valence-corrected chi connectivity index (χ1v) is 4.77. The van der Waals surface area contributed by atoms with E-state index in [1.54, 1.807) is 19.4 Å². The summed E-state index contributed by atoms with van der Waals surface area (Å²) in [6.45, 7) is 3.72. The van der Waals surface area contributed by atoms with Gasteiger partial charge in [-0.2, -0.15) is 0 Å². The Morgan fingerprint density at radius 3 is 2.87 bits per heavy atom. The van der Waals surface area contributed by atoms with Gasteiger partial charge in [0.1, 0.15) is 5.75 Å². The van der Waals surface area contributed by atoms with Crippen LogP contribution in [0.3, 0.4) is 0 Å². The van der Waals surface area contributed by atoms with Gasteiger partial charge in [-0.15, -0.1) is 0 Å². The third-order valence-electron chi connectivity index (χ3n) is 2.34. The maximum absolute atomic E-state index is 10.6. The number of hydrogen-bond acceptors (Lipinski definition) is 3. The van der Waals surface area contributed by atoms with E-state index >= 15 is 0 Å². The van der Waals surface area contributed by atoms with Crippen LogP contribution >= 0.6 is 0 Å². The molecule has 4 heteroatoms. The summed E-state index contributed by atoms with van der Waals surface area (Å²) < 4.78 is 5.20. The second-order valence-electron chi connectivity index (χ2n) is 3.51. The molecule has 82 valence electrons. The van der Waals surface area contributed by atoms with Crippen LogP contribution in [0.4, 0.5) is 0 Å². The Morgan fingerprint density at radius 1 is 1.67 bits per heavy atom. The highest BCUT2D eigenvalue weighted by Crippen LogP contribution is 2.30. The predicted octanol–water partition coefficient (Wildman–Crippen LogP) is 1.98. The Hall–Kier alpha value is -1.58. The molecule has 0 aliphatic rings. The van der Waals surface area contributed by atoms with Crippen LogP contribution < -0.4 is 4.74 Å². The molecule has 1 unspecified atom stereocenters. The summed E-state index contributed by atoms with van der Waals surface area (Å²) in [5, 5.41) is 8.74. The van der Waals surface area contributed by atoms with E-state index in [2.05, 4.69) is 4.98 Å². The van der Waals surface area contributed by atoms with Crippen molar-refractivity contribution in [3.05, 3.63) is 23.5 Å². The van der Waals surface area contributed by atoms with Crippen LogP contribution in [0.25, 0.3) is 0 Å². The highest BCUT2D eigenvalue weighted by atomic mass is 16.5. The maximum atomic E-state index is 10.6. The van der Waals surface area contributed by atoms with Crippen LogP contribution in [-0.2, 0) is 4.79 Å². The summed E-state index contributed by atoms with van der Waals surface area (Å²) in [6, 6.07) is 1.75. The summed E-state index contributed by atoms with van der Waals surface area (Å²) in [5.41, 5.74) is 1.70. The number of nitrogens with zero attached hydrogens (tertiary/aromatic N) is 1. The molecule has 0 spiro atoms. The van der Waals surface area contributed by atoms with Gasteiger partial charge < -0.3 is 9.84 Å². The van der Waals surface area contributed by atoms with Crippen molar-refractivity contribution >= 4 is 5.97 Å². The zero-order chi connectivity index (χ0) is 11.4. The van der Waals surface area contributed by atoms with E-state index in [9.17, 15) is 4.79 Å². The molecule has 1 rings (SSSR count). The molecular formula is C11H15NO3. The van der Waals surface area contributed by atoms with E-state index in [1.807, 2.05) is 13.8 Å². The van der Waals surface area contributed by atoms with E-state index in [0.717, 1.165) is 11.3 Å². The molecule has 0 radical (unpaired) electrons. The Balaban J connectivity index is 3.05. The summed E-state index contributed by atoms with van der Waals surface area (Å²) >= 11 is 0. The van der Waals surface area contributed by atoms with Crippen LogP contribution in [0, 0.1) is 6.92 Å². The summed E-state index contributed by atoms with van der Waals surface area (Å²) in [7, 11) is 1.58. The van der Waals surface area contributed by atoms with Crippen molar-refractivity contribution in [2.24, 2.45) is 0 Å². The lowest BCUT2D eigenvalue weighted by Crippen LogP contribution is -2.07. The summed E-state index contributed by atoms with van der Waals surface area (Å²) in [4.78, 5) is 14.8. The van der Waals surface area contributed by atoms with Crippen LogP contribution in [0.1, 0.15) is 30.5 Å². The minimum atomic E-state index is -0.812. The number of hydrogen-bond donors (Lipinski definition) is 1. The first-order valence-electron chi connectivity index (χ1n) is 4.77. The minimum absolute atomic E-state index is 0.0862. The summed E-state index contributed by atoms with van der Waals surface area (Å²) in [5.74, 6) is -0.199. The van der Waals surface area contributed by atoms with Gasteiger partial charge in [0, 0.05) is 17.5 Å². The highest BCUT2D eigenvalue weighted by molar-refractivity contribution is 5.68. The Kier molecular flexibility index (Phi) is 3.66. The number of carboxylic acids is 1. The Labute approximate surface area is 88.9 Å². The molecule has 0 aliphatic carbocycles. The average molecular weight is 209 g/mol. The quantitative estimate of drug-likeness (QED) is 0.823. The fraction of sp³-hybridized carbons (Fsp3) is 0.455. The fourth-order valence-corrected chi connectivity index (χ4v) is 1.70. The number of pyridine rings is 1. The number of ether oxygens (including phenoxy) is 1. The largest absolute Gasteiger partial charge is 0.496 e. The molecule has 4 nitrogen and oxygen atoms in total. The van der Waals surface area contributed by atoms with Gasteiger partial charge >= 0.3 is 5.97 Å². The second-order valence-corrected chi connectivity index (χ2v) is 3.51. The van der Waals surface area contributed by atoms with Crippen LogP contribution in [0.5, 0.6) is 5.75 Å². The van der Waals surface area contributed by atoms with Crippen molar-refractivity contribution in [1.82, 2.24) is 4.98 Å². The number of aryl methyl sites for hydroxylation is 1. The number of carboxylic acid groups (broad SMARTS) is 1. The molecule has 1 atom stereocenters. The van der Waals surface area contributed by atoms with E-state index < -0.39 is 5.97 Å². The second kappa shape index (κ2) is 4.77. The standard InChI is InChI=1S/C11H15NO3/c1-7(6-10(13)14)11-8(2)12-5-4-9(11)15-3/h4-5,7H,6H2,1-3H3,(H,13,14). The van der Waals surface area contributed by atoms with Gasteiger partial charge in [-0.25, -0.2) is 0 Å². The Bertz CT molecular complexity index is 363. The molecule has 1 aromatic rings. The zero-order valence-corrected chi connectivity index (χ0v) is 9.15. The van der Waals surface area contributed by atoms with Gasteiger partial charge in [0.15, 0.2) is 0 Å². The number of aromatic nitrogens is 1.